The maximum Gasteiger partial charge on any atom is 0.251 e. The third-order valence-corrected chi connectivity index (χ3v) is 5.28. The van der Waals surface area contributed by atoms with Gasteiger partial charge in [-0.05, 0) is 36.8 Å². The summed E-state index contributed by atoms with van der Waals surface area (Å²) in [5.41, 5.74) is 4.79. The van der Waals surface area contributed by atoms with Gasteiger partial charge < -0.3 is 14.6 Å². The Hall–Kier alpha value is -3.60. The second-order valence-electron chi connectivity index (χ2n) is 7.24. The van der Waals surface area contributed by atoms with E-state index < -0.39 is 0 Å². The van der Waals surface area contributed by atoms with Gasteiger partial charge in [-0.15, -0.1) is 0 Å². The lowest BCUT2D eigenvalue weighted by molar-refractivity contribution is 0.0953. The molecule has 0 saturated carbocycles. The van der Waals surface area contributed by atoms with Gasteiger partial charge in [0, 0.05) is 24.1 Å². The highest BCUT2D eigenvalue weighted by atomic mass is 16.5. The zero-order chi connectivity index (χ0) is 20.9. The number of methoxy groups -OCH3 is 1. The van der Waals surface area contributed by atoms with Gasteiger partial charge in [0.1, 0.15) is 11.6 Å². The van der Waals surface area contributed by atoms with Crippen LogP contribution in [0.5, 0.6) is 5.75 Å². The van der Waals surface area contributed by atoms with Crippen LogP contribution in [-0.4, -0.2) is 29.1 Å². The number of imidazole rings is 1. The number of carbonyl (C=O) groups is 1. The fourth-order valence-electron chi connectivity index (χ4n) is 3.71. The number of benzene rings is 3. The van der Waals surface area contributed by atoms with Gasteiger partial charge in [0.05, 0.1) is 24.7 Å². The number of ether oxygens (including phenoxy) is 1. The average Bonchev–Trinajstić information content (AvgIpc) is 3.11. The van der Waals surface area contributed by atoms with Crippen LogP contribution in [0.25, 0.3) is 11.0 Å². The molecular formula is C25H25N3O2. The fraction of sp³-hybridized carbons (Fsp3) is 0.200. The molecular weight excluding hydrogens is 374 g/mol. The fourth-order valence-corrected chi connectivity index (χ4v) is 3.71. The summed E-state index contributed by atoms with van der Waals surface area (Å²) >= 11 is 0. The quantitative estimate of drug-likeness (QED) is 0.502. The first-order chi connectivity index (χ1) is 14.7. The van der Waals surface area contributed by atoms with Crippen molar-refractivity contribution in [3.63, 3.8) is 0 Å². The van der Waals surface area contributed by atoms with E-state index in [2.05, 4.69) is 22.0 Å². The van der Waals surface area contributed by atoms with Crippen molar-refractivity contribution in [2.45, 2.75) is 19.9 Å². The minimum atomic E-state index is -0.0551. The third kappa shape index (κ3) is 4.06. The molecule has 152 valence electrons. The Bertz CT molecular complexity index is 1180. The van der Waals surface area contributed by atoms with Crippen LogP contribution in [0.3, 0.4) is 0 Å². The molecule has 1 heterocycles. The van der Waals surface area contributed by atoms with Gasteiger partial charge in [0.25, 0.3) is 5.91 Å². The molecule has 1 amide bonds. The Kier molecular flexibility index (Phi) is 5.80. The molecule has 0 bridgehead atoms. The number of hydrogen-bond acceptors (Lipinski definition) is 3. The molecule has 0 fully saturated rings. The standard InChI is InChI=1S/C25H25N3O2/c1-18-9-3-5-11-20(18)25(29)26-16-15-24-27-21-12-6-7-13-22(21)28(24)17-19-10-4-8-14-23(19)30-2/h3-14H,15-17H2,1-2H3,(H,26,29). The van der Waals surface area contributed by atoms with Crippen LogP contribution in [0.2, 0.25) is 0 Å². The number of fused-ring (bicyclic) bond motifs is 1. The topological polar surface area (TPSA) is 56.1 Å². The zero-order valence-electron chi connectivity index (χ0n) is 17.3. The van der Waals surface area contributed by atoms with E-state index in [1.807, 2.05) is 67.6 Å². The molecule has 0 spiro atoms. The summed E-state index contributed by atoms with van der Waals surface area (Å²) < 4.78 is 7.73. The molecule has 4 rings (SSSR count). The first kappa shape index (κ1) is 19.7. The molecule has 0 radical (unpaired) electrons. The lowest BCUT2D eigenvalue weighted by Crippen LogP contribution is -2.27. The van der Waals surface area contributed by atoms with Crippen LogP contribution in [0, 0.1) is 6.92 Å². The second-order valence-corrected chi connectivity index (χ2v) is 7.24. The van der Waals surface area contributed by atoms with Crippen molar-refractivity contribution in [1.29, 1.82) is 0 Å². The number of nitrogens with zero attached hydrogens (tertiary/aromatic N) is 2. The predicted octanol–water partition coefficient (Wildman–Crippen LogP) is 4.37. The van der Waals surface area contributed by atoms with Gasteiger partial charge in [-0.2, -0.15) is 0 Å². The summed E-state index contributed by atoms with van der Waals surface area (Å²) in [6, 6.07) is 23.7. The molecule has 5 nitrogen and oxygen atoms in total. The molecule has 1 aromatic heterocycles. The van der Waals surface area contributed by atoms with Gasteiger partial charge in [-0.3, -0.25) is 4.79 Å². The largest absolute Gasteiger partial charge is 0.496 e. The van der Waals surface area contributed by atoms with Crippen molar-refractivity contribution in [2.24, 2.45) is 0 Å². The lowest BCUT2D eigenvalue weighted by Gasteiger charge is -2.13. The average molecular weight is 399 g/mol. The highest BCUT2D eigenvalue weighted by Gasteiger charge is 2.14. The Balaban J connectivity index is 1.56. The number of nitrogens with one attached hydrogen (secondary N) is 1. The van der Waals surface area contributed by atoms with Gasteiger partial charge in [0.15, 0.2) is 0 Å². The maximum atomic E-state index is 12.5. The van der Waals surface area contributed by atoms with Crippen molar-refractivity contribution < 1.29 is 9.53 Å². The Labute approximate surface area is 176 Å². The van der Waals surface area contributed by atoms with Crippen molar-refractivity contribution in [1.82, 2.24) is 14.9 Å². The van der Waals surface area contributed by atoms with E-state index in [4.69, 9.17) is 9.72 Å². The van der Waals surface area contributed by atoms with Gasteiger partial charge in [0.2, 0.25) is 0 Å². The molecule has 4 aromatic rings. The van der Waals surface area contributed by atoms with Crippen molar-refractivity contribution in [3.8, 4) is 5.75 Å². The minimum absolute atomic E-state index is 0.0551. The number of para-hydroxylation sites is 3. The zero-order valence-corrected chi connectivity index (χ0v) is 17.3. The van der Waals surface area contributed by atoms with E-state index >= 15 is 0 Å². The minimum Gasteiger partial charge on any atom is -0.496 e. The number of aromatic nitrogens is 2. The van der Waals surface area contributed by atoms with E-state index in [1.54, 1.807) is 7.11 Å². The van der Waals surface area contributed by atoms with Crippen molar-refractivity contribution in [2.75, 3.05) is 13.7 Å². The van der Waals surface area contributed by atoms with Crippen LogP contribution < -0.4 is 10.1 Å². The summed E-state index contributed by atoms with van der Waals surface area (Å²) in [6.45, 7) is 3.12. The smallest absolute Gasteiger partial charge is 0.251 e. The Morgan fingerprint density at radius 1 is 1.00 bits per heavy atom. The molecule has 0 aliphatic rings. The first-order valence-electron chi connectivity index (χ1n) is 10.1. The monoisotopic (exact) mass is 399 g/mol. The molecule has 1 N–H and O–H groups in total. The Morgan fingerprint density at radius 3 is 2.57 bits per heavy atom. The van der Waals surface area contributed by atoms with Crippen LogP contribution in [0.1, 0.15) is 27.3 Å². The predicted molar refractivity (Wildman–Crippen MR) is 119 cm³/mol. The third-order valence-electron chi connectivity index (χ3n) is 5.28. The molecule has 0 atom stereocenters. The first-order valence-corrected chi connectivity index (χ1v) is 10.1. The van der Waals surface area contributed by atoms with Gasteiger partial charge >= 0.3 is 0 Å². The molecule has 0 unspecified atom stereocenters. The summed E-state index contributed by atoms with van der Waals surface area (Å²) in [5, 5.41) is 3.03. The Morgan fingerprint density at radius 2 is 1.73 bits per heavy atom. The van der Waals surface area contributed by atoms with Crippen LogP contribution in [0.15, 0.2) is 72.8 Å². The van der Waals surface area contributed by atoms with E-state index in [9.17, 15) is 4.79 Å². The second kappa shape index (κ2) is 8.82. The number of carbonyl (C=O) groups excluding carboxylic acids is 1. The number of aryl methyl sites for hydroxylation is 1. The summed E-state index contributed by atoms with van der Waals surface area (Å²) in [7, 11) is 1.69. The van der Waals surface area contributed by atoms with E-state index in [0.29, 0.717) is 25.1 Å². The summed E-state index contributed by atoms with van der Waals surface area (Å²) in [6.07, 6.45) is 0.640. The van der Waals surface area contributed by atoms with Crippen LogP contribution in [-0.2, 0) is 13.0 Å². The number of rotatable bonds is 7. The van der Waals surface area contributed by atoms with Crippen molar-refractivity contribution >= 4 is 16.9 Å². The van der Waals surface area contributed by atoms with Gasteiger partial charge in [-0.25, -0.2) is 4.98 Å². The SMILES string of the molecule is COc1ccccc1Cn1c(CCNC(=O)c2ccccc2C)nc2ccccc21. The van der Waals surface area contributed by atoms with Crippen LogP contribution >= 0.6 is 0 Å². The molecule has 5 heteroatoms. The lowest BCUT2D eigenvalue weighted by atomic mass is 10.1. The normalized spacial score (nSPS) is 10.9. The molecule has 30 heavy (non-hydrogen) atoms. The van der Waals surface area contributed by atoms with Gasteiger partial charge in [-0.1, -0.05) is 48.5 Å². The number of hydrogen-bond donors (Lipinski definition) is 1. The molecule has 0 saturated heterocycles. The summed E-state index contributed by atoms with van der Waals surface area (Å²) in [4.78, 5) is 17.4. The van der Waals surface area contributed by atoms with E-state index in [0.717, 1.165) is 33.7 Å². The molecule has 3 aromatic carbocycles. The molecule has 0 aliphatic heterocycles. The van der Waals surface area contributed by atoms with Crippen LogP contribution in [0.4, 0.5) is 0 Å². The summed E-state index contributed by atoms with van der Waals surface area (Å²) in [5.74, 6) is 1.74. The van der Waals surface area contributed by atoms with E-state index in [1.165, 1.54) is 0 Å². The van der Waals surface area contributed by atoms with Crippen molar-refractivity contribution in [3.05, 3.63) is 95.3 Å². The van der Waals surface area contributed by atoms with E-state index in [-0.39, 0.29) is 5.91 Å². The maximum absolute atomic E-state index is 12.5. The highest BCUT2D eigenvalue weighted by molar-refractivity contribution is 5.95. The highest BCUT2D eigenvalue weighted by Crippen LogP contribution is 2.23. The molecule has 0 aliphatic carbocycles. The number of amides is 1.